The van der Waals surface area contributed by atoms with Gasteiger partial charge in [0.1, 0.15) is 0 Å². The van der Waals surface area contributed by atoms with E-state index in [-0.39, 0.29) is 0 Å². The quantitative estimate of drug-likeness (QED) is 0.384. The van der Waals surface area contributed by atoms with Crippen LogP contribution in [0, 0.1) is 0 Å². The Hall–Kier alpha value is -1.57. The van der Waals surface area contributed by atoms with Gasteiger partial charge in [0.15, 0.2) is 0 Å². The third kappa shape index (κ3) is 31.4. The van der Waals surface area contributed by atoms with Gasteiger partial charge in [0.25, 0.3) is 0 Å². The van der Waals surface area contributed by atoms with E-state index in [4.69, 9.17) is 29.7 Å². The fourth-order valence-corrected chi connectivity index (χ4v) is 1.27. The van der Waals surface area contributed by atoms with Crippen LogP contribution in [0.25, 0.3) is 0 Å². The minimum atomic E-state index is -0.500. The molecule has 0 bridgehead atoms. The summed E-state index contributed by atoms with van der Waals surface area (Å²) in [7, 11) is 0. The van der Waals surface area contributed by atoms with Crippen molar-refractivity contribution >= 4 is 41.9 Å². The maximum absolute atomic E-state index is 8.25. The fourth-order valence-electron chi connectivity index (χ4n) is 0.596. The molecule has 0 heterocycles. The van der Waals surface area contributed by atoms with Crippen molar-refractivity contribution in [3.05, 3.63) is 35.9 Å². The Kier molecular flexibility index (Phi) is 29.3. The first-order valence-electron chi connectivity index (χ1n) is 4.03. The molecule has 0 radical (unpaired) electrons. The minimum absolute atomic E-state index is 0.500. The van der Waals surface area contributed by atoms with Crippen molar-refractivity contribution in [2.75, 3.05) is 0 Å². The molecule has 0 aromatic heterocycles. The molecule has 0 amide bonds. The summed E-state index contributed by atoms with van der Waals surface area (Å²) in [5.74, 6) is 0. The standard InChI is InChI=1S/C7H7.3CH2O2.Sn/c1-7-5-3-2-4-6-7;3*2-1-3;/h2-6H,1H2;3*1H,(H,2,3);/q;;;;+3/p-3. The van der Waals surface area contributed by atoms with Crippen LogP contribution in [0.4, 0.5) is 0 Å². The fraction of sp³-hybridized carbons (Fsp3) is 0.100. The van der Waals surface area contributed by atoms with E-state index in [2.05, 4.69) is 30.3 Å². The van der Waals surface area contributed by atoms with E-state index in [9.17, 15) is 0 Å². The van der Waals surface area contributed by atoms with Crippen molar-refractivity contribution in [3.8, 4) is 0 Å². The summed E-state index contributed by atoms with van der Waals surface area (Å²) in [5.41, 5.74) is 1.45. The van der Waals surface area contributed by atoms with Crippen LogP contribution >= 0.6 is 0 Å². The molecular formula is C10H10O6Sn. The molecule has 0 unspecified atom stereocenters. The Bertz CT molecular complexity index is 250. The summed E-state index contributed by atoms with van der Waals surface area (Å²) in [6, 6.07) is 10.5. The molecule has 0 saturated heterocycles. The zero-order chi connectivity index (χ0) is 13.9. The van der Waals surface area contributed by atoms with Crippen molar-refractivity contribution in [2.45, 2.75) is 4.44 Å². The van der Waals surface area contributed by atoms with Crippen LogP contribution in [-0.4, -0.2) is 41.9 Å². The third-order valence-electron chi connectivity index (χ3n) is 1.05. The Balaban J connectivity index is -0.000000184. The molecule has 0 fully saturated rings. The molecule has 0 N–H and O–H groups in total. The molecule has 7 heteroatoms. The van der Waals surface area contributed by atoms with Crippen LogP contribution in [0.3, 0.4) is 0 Å². The summed E-state index contributed by atoms with van der Waals surface area (Å²) in [5, 5.41) is 24.8. The molecule has 90 valence electrons. The Morgan fingerprint density at radius 1 is 0.882 bits per heavy atom. The first kappa shape index (κ1) is 20.8. The van der Waals surface area contributed by atoms with Gasteiger partial charge in [-0.15, -0.1) is 0 Å². The van der Waals surface area contributed by atoms with E-state index in [1.807, 2.05) is 0 Å². The summed E-state index contributed by atoms with van der Waals surface area (Å²) in [4.78, 5) is 24.8. The average Bonchev–Trinajstić information content (AvgIpc) is 2.33. The third-order valence-corrected chi connectivity index (χ3v) is 2.21. The van der Waals surface area contributed by atoms with Gasteiger partial charge in [0.2, 0.25) is 0 Å². The molecule has 0 aliphatic heterocycles. The van der Waals surface area contributed by atoms with E-state index >= 15 is 0 Å². The van der Waals surface area contributed by atoms with Gasteiger partial charge in [-0.25, -0.2) is 0 Å². The second kappa shape index (κ2) is 23.9. The van der Waals surface area contributed by atoms with Crippen LogP contribution in [0.5, 0.6) is 0 Å². The zero-order valence-electron chi connectivity index (χ0n) is 8.78. The van der Waals surface area contributed by atoms with E-state index in [1.54, 1.807) is 22.5 Å². The molecule has 0 saturated carbocycles. The molecule has 6 nitrogen and oxygen atoms in total. The van der Waals surface area contributed by atoms with Crippen molar-refractivity contribution < 1.29 is 29.7 Å². The van der Waals surface area contributed by atoms with Gasteiger partial charge in [0, 0.05) is 19.4 Å². The van der Waals surface area contributed by atoms with Crippen molar-refractivity contribution in [2.24, 2.45) is 0 Å². The van der Waals surface area contributed by atoms with Gasteiger partial charge in [-0.1, -0.05) is 0 Å². The molecule has 1 aromatic rings. The van der Waals surface area contributed by atoms with Crippen molar-refractivity contribution in [3.63, 3.8) is 0 Å². The Morgan fingerprint density at radius 3 is 1.35 bits per heavy atom. The van der Waals surface area contributed by atoms with Gasteiger partial charge in [-0.3, -0.25) is 0 Å². The normalized spacial score (nSPS) is 6.47. The molecule has 0 atom stereocenters. The average molecular weight is 345 g/mol. The zero-order valence-corrected chi connectivity index (χ0v) is 11.6. The molecule has 1 rings (SSSR count). The van der Waals surface area contributed by atoms with Gasteiger partial charge in [-0.05, 0) is 0 Å². The second-order valence-electron chi connectivity index (χ2n) is 1.95. The van der Waals surface area contributed by atoms with Crippen molar-refractivity contribution in [1.29, 1.82) is 0 Å². The summed E-state index contributed by atoms with van der Waals surface area (Å²) in [6.07, 6.45) is 0. The molecule has 0 aliphatic rings. The first-order valence-corrected chi connectivity index (χ1v) is 6.05. The number of benzene rings is 1. The van der Waals surface area contributed by atoms with Gasteiger partial charge < -0.3 is 29.7 Å². The number of hydrogen-bond acceptors (Lipinski definition) is 6. The summed E-state index contributed by atoms with van der Waals surface area (Å²) >= 11 is 1.59. The predicted molar refractivity (Wildman–Crippen MR) is 54.1 cm³/mol. The van der Waals surface area contributed by atoms with Gasteiger partial charge >= 0.3 is 62.9 Å². The number of hydrogen-bond donors (Lipinski definition) is 0. The number of carbonyl (C=O) groups excluding carboxylic acids is 3. The van der Waals surface area contributed by atoms with E-state index in [0.29, 0.717) is 0 Å². The van der Waals surface area contributed by atoms with Gasteiger partial charge in [0.05, 0.1) is 0 Å². The molecular weight excluding hydrogens is 335 g/mol. The summed E-state index contributed by atoms with van der Waals surface area (Å²) in [6.45, 7) is -1.50. The Morgan fingerprint density at radius 2 is 1.18 bits per heavy atom. The number of rotatable bonds is 1. The molecule has 0 aliphatic carbocycles. The first-order chi connectivity index (χ1) is 8.17. The van der Waals surface area contributed by atoms with E-state index < -0.39 is 19.4 Å². The number of carboxylic acid groups (broad SMARTS) is 3. The molecule has 0 spiro atoms. The number of carbonyl (C=O) groups is 3. The van der Waals surface area contributed by atoms with Gasteiger partial charge in [-0.2, -0.15) is 0 Å². The SMILES string of the molecule is O=C[O-].O=C[O-].O=C[O-].[Sn+3][CH2]c1ccccc1. The van der Waals surface area contributed by atoms with Crippen LogP contribution in [0.1, 0.15) is 5.56 Å². The molecule has 1 aromatic carbocycles. The monoisotopic (exact) mass is 346 g/mol. The Labute approximate surface area is 112 Å². The molecule has 17 heavy (non-hydrogen) atoms. The summed E-state index contributed by atoms with van der Waals surface area (Å²) < 4.78 is 1.23. The van der Waals surface area contributed by atoms with Crippen molar-refractivity contribution in [1.82, 2.24) is 0 Å². The van der Waals surface area contributed by atoms with Crippen LogP contribution in [-0.2, 0) is 18.8 Å². The van der Waals surface area contributed by atoms with E-state index in [1.165, 1.54) is 10.0 Å². The maximum atomic E-state index is 8.25. The van der Waals surface area contributed by atoms with E-state index in [0.717, 1.165) is 0 Å². The second-order valence-corrected chi connectivity index (χ2v) is 2.96. The van der Waals surface area contributed by atoms with Crippen LogP contribution in [0.2, 0.25) is 0 Å². The van der Waals surface area contributed by atoms with Crippen LogP contribution in [0.15, 0.2) is 30.3 Å². The predicted octanol–water partition coefficient (Wildman–Crippen LogP) is -3.55. The van der Waals surface area contributed by atoms with Crippen LogP contribution < -0.4 is 15.3 Å². The topological polar surface area (TPSA) is 120 Å².